The van der Waals surface area contributed by atoms with Crippen molar-refractivity contribution >= 4 is 17.6 Å². The van der Waals surface area contributed by atoms with Crippen molar-refractivity contribution in [2.24, 2.45) is 0 Å². The molecule has 6 nitrogen and oxygen atoms in total. The van der Waals surface area contributed by atoms with Gasteiger partial charge in [-0.15, -0.1) is 0 Å². The van der Waals surface area contributed by atoms with E-state index in [9.17, 15) is 9.59 Å². The molecular weight excluding hydrogens is 346 g/mol. The Kier molecular flexibility index (Phi) is 7.23. The first-order valence-corrected chi connectivity index (χ1v) is 8.72. The van der Waals surface area contributed by atoms with E-state index in [1.54, 1.807) is 25.1 Å². The van der Waals surface area contributed by atoms with Gasteiger partial charge in [-0.2, -0.15) is 0 Å². The number of hydrogen-bond donors (Lipinski definition) is 1. The van der Waals surface area contributed by atoms with E-state index < -0.39 is 18.0 Å². The smallest absolute Gasteiger partial charge is 0.307 e. The third kappa shape index (κ3) is 5.74. The maximum Gasteiger partial charge on any atom is 0.307 e. The zero-order valence-electron chi connectivity index (χ0n) is 16.0. The highest BCUT2D eigenvalue weighted by Crippen LogP contribution is 2.29. The Balaban J connectivity index is 1.90. The maximum atomic E-state index is 12.3. The number of benzene rings is 2. The molecule has 0 fully saturated rings. The summed E-state index contributed by atoms with van der Waals surface area (Å²) < 4.78 is 15.6. The van der Waals surface area contributed by atoms with Crippen molar-refractivity contribution in [2.45, 2.75) is 32.3 Å². The average molecular weight is 371 g/mol. The van der Waals surface area contributed by atoms with Gasteiger partial charge in [0.05, 0.1) is 20.6 Å². The predicted molar refractivity (Wildman–Crippen MR) is 103 cm³/mol. The van der Waals surface area contributed by atoms with Crippen LogP contribution in [0, 0.1) is 0 Å². The summed E-state index contributed by atoms with van der Waals surface area (Å²) in [6.07, 6.45) is -0.702. The van der Waals surface area contributed by atoms with Crippen LogP contribution in [0.25, 0.3) is 0 Å². The van der Waals surface area contributed by atoms with Crippen LogP contribution in [0.5, 0.6) is 11.5 Å². The van der Waals surface area contributed by atoms with Gasteiger partial charge in [0.15, 0.2) is 17.6 Å². The van der Waals surface area contributed by atoms with E-state index >= 15 is 0 Å². The van der Waals surface area contributed by atoms with Crippen molar-refractivity contribution < 1.29 is 23.8 Å². The van der Waals surface area contributed by atoms with Crippen LogP contribution in [0.15, 0.2) is 48.5 Å². The number of anilines is 1. The molecule has 0 aliphatic rings. The lowest BCUT2D eigenvalue weighted by Gasteiger charge is -2.16. The van der Waals surface area contributed by atoms with Crippen LogP contribution in [0.3, 0.4) is 0 Å². The molecule has 1 amide bonds. The molecule has 0 saturated heterocycles. The van der Waals surface area contributed by atoms with Crippen LogP contribution >= 0.6 is 0 Å². The fourth-order valence-electron chi connectivity index (χ4n) is 2.61. The summed E-state index contributed by atoms with van der Waals surface area (Å²) in [4.78, 5) is 24.4. The molecule has 0 spiro atoms. The topological polar surface area (TPSA) is 73.9 Å². The standard InChI is InChI=1S/C21H25NO5/c1-14(16-8-6-5-7-9-16)12-20(23)27-15(2)21(24)22-17-10-11-18(25-3)19(13-17)26-4/h5-11,13-15H,12H2,1-4H3,(H,22,24)/t14-,15+/m1/s1. The minimum absolute atomic E-state index is 0.0137. The van der Waals surface area contributed by atoms with Gasteiger partial charge in [0.2, 0.25) is 0 Å². The van der Waals surface area contributed by atoms with Gasteiger partial charge >= 0.3 is 5.97 Å². The summed E-state index contributed by atoms with van der Waals surface area (Å²) >= 11 is 0. The molecule has 2 atom stereocenters. The monoisotopic (exact) mass is 371 g/mol. The second-order valence-corrected chi connectivity index (χ2v) is 6.21. The predicted octanol–water partition coefficient (Wildman–Crippen LogP) is 3.77. The zero-order valence-corrected chi connectivity index (χ0v) is 16.0. The molecule has 6 heteroatoms. The van der Waals surface area contributed by atoms with Crippen molar-refractivity contribution in [1.29, 1.82) is 0 Å². The highest BCUT2D eigenvalue weighted by Gasteiger charge is 2.20. The normalized spacial score (nSPS) is 12.6. The largest absolute Gasteiger partial charge is 0.493 e. The molecule has 1 N–H and O–H groups in total. The number of methoxy groups -OCH3 is 2. The van der Waals surface area contributed by atoms with Crippen molar-refractivity contribution in [3.8, 4) is 11.5 Å². The van der Waals surface area contributed by atoms with E-state index in [1.807, 2.05) is 37.3 Å². The average Bonchev–Trinajstić information content (AvgIpc) is 2.68. The zero-order chi connectivity index (χ0) is 19.8. The molecule has 2 aromatic rings. The molecule has 0 aromatic heterocycles. The van der Waals surface area contributed by atoms with Crippen LogP contribution in [0.1, 0.15) is 31.7 Å². The number of hydrogen-bond acceptors (Lipinski definition) is 5. The van der Waals surface area contributed by atoms with Gasteiger partial charge in [0.1, 0.15) is 0 Å². The van der Waals surface area contributed by atoms with Crippen molar-refractivity contribution in [1.82, 2.24) is 0 Å². The molecule has 0 unspecified atom stereocenters. The lowest BCUT2D eigenvalue weighted by molar-refractivity contribution is -0.153. The second kappa shape index (κ2) is 9.62. The quantitative estimate of drug-likeness (QED) is 0.715. The van der Waals surface area contributed by atoms with Gasteiger partial charge in [-0.25, -0.2) is 0 Å². The molecule has 0 aliphatic heterocycles. The number of rotatable bonds is 8. The van der Waals surface area contributed by atoms with Crippen molar-refractivity contribution in [3.63, 3.8) is 0 Å². The van der Waals surface area contributed by atoms with Crippen LogP contribution in [-0.4, -0.2) is 32.2 Å². The summed E-state index contributed by atoms with van der Waals surface area (Å²) in [6, 6.07) is 14.7. The number of nitrogens with one attached hydrogen (secondary N) is 1. The van der Waals surface area contributed by atoms with Crippen LogP contribution in [0.4, 0.5) is 5.69 Å². The molecule has 144 valence electrons. The Labute approximate surface area is 159 Å². The van der Waals surface area contributed by atoms with Crippen LogP contribution in [-0.2, 0) is 14.3 Å². The summed E-state index contributed by atoms with van der Waals surface area (Å²) in [7, 11) is 3.05. The number of carbonyl (C=O) groups is 2. The third-order valence-electron chi connectivity index (χ3n) is 4.17. The molecule has 0 radical (unpaired) electrons. The molecule has 0 heterocycles. The van der Waals surface area contributed by atoms with E-state index in [1.165, 1.54) is 14.2 Å². The number of ether oxygens (including phenoxy) is 3. The number of carbonyl (C=O) groups excluding carboxylic acids is 2. The van der Waals surface area contributed by atoms with Gasteiger partial charge in [0, 0.05) is 11.8 Å². The Morgan fingerprint density at radius 3 is 2.26 bits per heavy atom. The van der Waals surface area contributed by atoms with Gasteiger partial charge in [-0.3, -0.25) is 9.59 Å². The van der Waals surface area contributed by atoms with Crippen LogP contribution in [0.2, 0.25) is 0 Å². The van der Waals surface area contributed by atoms with Gasteiger partial charge in [0.25, 0.3) is 5.91 Å². The number of amides is 1. The highest BCUT2D eigenvalue weighted by molar-refractivity contribution is 5.95. The first-order valence-electron chi connectivity index (χ1n) is 8.72. The SMILES string of the molecule is COc1ccc(NC(=O)[C@H](C)OC(=O)C[C@@H](C)c2ccccc2)cc1OC. The maximum absolute atomic E-state index is 12.3. The fraction of sp³-hybridized carbons (Fsp3) is 0.333. The van der Waals surface area contributed by atoms with E-state index in [0.717, 1.165) is 5.56 Å². The first kappa shape index (κ1) is 20.3. The number of esters is 1. The highest BCUT2D eigenvalue weighted by atomic mass is 16.5. The Morgan fingerprint density at radius 2 is 1.63 bits per heavy atom. The Hall–Kier alpha value is -3.02. The second-order valence-electron chi connectivity index (χ2n) is 6.21. The van der Waals surface area contributed by atoms with E-state index in [2.05, 4.69) is 5.32 Å². The van der Waals surface area contributed by atoms with E-state index in [-0.39, 0.29) is 12.3 Å². The molecular formula is C21H25NO5. The summed E-state index contributed by atoms with van der Waals surface area (Å²) in [5.74, 6) is 0.241. The summed E-state index contributed by atoms with van der Waals surface area (Å²) in [5, 5.41) is 2.71. The summed E-state index contributed by atoms with van der Waals surface area (Å²) in [6.45, 7) is 3.49. The van der Waals surface area contributed by atoms with Crippen molar-refractivity contribution in [3.05, 3.63) is 54.1 Å². The molecule has 2 rings (SSSR count). The molecule has 0 bridgehead atoms. The minimum atomic E-state index is -0.909. The molecule has 2 aromatic carbocycles. The third-order valence-corrected chi connectivity index (χ3v) is 4.17. The van der Waals surface area contributed by atoms with Crippen molar-refractivity contribution in [2.75, 3.05) is 19.5 Å². The Morgan fingerprint density at radius 1 is 0.963 bits per heavy atom. The van der Waals surface area contributed by atoms with Gasteiger partial charge in [-0.05, 0) is 30.5 Å². The summed E-state index contributed by atoms with van der Waals surface area (Å²) in [5.41, 5.74) is 1.58. The van der Waals surface area contributed by atoms with Crippen LogP contribution < -0.4 is 14.8 Å². The van der Waals surface area contributed by atoms with Gasteiger partial charge < -0.3 is 19.5 Å². The fourth-order valence-corrected chi connectivity index (χ4v) is 2.61. The van der Waals surface area contributed by atoms with E-state index in [4.69, 9.17) is 14.2 Å². The molecule has 0 saturated carbocycles. The first-order chi connectivity index (χ1) is 12.9. The molecule has 27 heavy (non-hydrogen) atoms. The minimum Gasteiger partial charge on any atom is -0.493 e. The van der Waals surface area contributed by atoms with Gasteiger partial charge in [-0.1, -0.05) is 37.3 Å². The lowest BCUT2D eigenvalue weighted by Crippen LogP contribution is -2.30. The lowest BCUT2D eigenvalue weighted by atomic mass is 9.98. The molecule has 0 aliphatic carbocycles. The Bertz CT molecular complexity index is 775. The van der Waals surface area contributed by atoms with E-state index in [0.29, 0.717) is 17.2 Å².